The summed E-state index contributed by atoms with van der Waals surface area (Å²) in [5.74, 6) is 0.366. The highest BCUT2D eigenvalue weighted by Crippen LogP contribution is 2.27. The number of hydrogen-bond donors (Lipinski definition) is 1. The molecule has 1 amide bonds. The number of hydrogen-bond acceptors (Lipinski definition) is 6. The van der Waals surface area contributed by atoms with Gasteiger partial charge in [-0.25, -0.2) is 4.98 Å². The Hall–Kier alpha value is -3.58. The Morgan fingerprint density at radius 2 is 1.66 bits per heavy atom. The third-order valence-corrected chi connectivity index (χ3v) is 5.47. The lowest BCUT2D eigenvalue weighted by molar-refractivity contribution is 0.102. The van der Waals surface area contributed by atoms with Crippen molar-refractivity contribution in [2.45, 2.75) is 13.8 Å². The molecule has 5 rings (SSSR count). The first kappa shape index (κ1) is 17.5. The van der Waals surface area contributed by atoms with Gasteiger partial charge in [-0.05, 0) is 79.6 Å². The van der Waals surface area contributed by atoms with Crippen molar-refractivity contribution in [2.75, 3.05) is 5.32 Å². The van der Waals surface area contributed by atoms with Crippen LogP contribution < -0.4 is 5.32 Å². The van der Waals surface area contributed by atoms with Crippen molar-refractivity contribution in [2.24, 2.45) is 0 Å². The van der Waals surface area contributed by atoms with Crippen LogP contribution in [-0.2, 0) is 0 Å². The predicted molar refractivity (Wildman–Crippen MR) is 114 cm³/mol. The van der Waals surface area contributed by atoms with Gasteiger partial charge >= 0.3 is 0 Å². The number of nitrogens with one attached hydrogen (secondary N) is 1. The Morgan fingerprint density at radius 1 is 0.897 bits per heavy atom. The number of fused-ring (bicyclic) bond motifs is 2. The molecule has 0 fully saturated rings. The highest BCUT2D eigenvalue weighted by atomic mass is 32.1. The van der Waals surface area contributed by atoms with E-state index in [2.05, 4.69) is 32.9 Å². The molecule has 3 aromatic carbocycles. The average molecular weight is 400 g/mol. The maximum absolute atomic E-state index is 12.5. The summed E-state index contributed by atoms with van der Waals surface area (Å²) in [4.78, 5) is 17.1. The van der Waals surface area contributed by atoms with E-state index in [0.29, 0.717) is 17.1 Å². The van der Waals surface area contributed by atoms with Crippen LogP contribution in [-0.4, -0.2) is 19.6 Å². The van der Waals surface area contributed by atoms with Crippen molar-refractivity contribution in [3.63, 3.8) is 0 Å². The second-order valence-corrected chi connectivity index (χ2v) is 7.45. The van der Waals surface area contributed by atoms with E-state index >= 15 is 0 Å². The first-order valence-corrected chi connectivity index (χ1v) is 9.82. The molecule has 142 valence electrons. The second-order valence-electron chi connectivity index (χ2n) is 6.92. The van der Waals surface area contributed by atoms with Gasteiger partial charge in [-0.2, -0.15) is 8.75 Å². The minimum Gasteiger partial charge on any atom is -0.436 e. The zero-order chi connectivity index (χ0) is 20.0. The van der Waals surface area contributed by atoms with Crippen molar-refractivity contribution < 1.29 is 9.21 Å². The molecule has 2 heterocycles. The molecular weight excluding hydrogens is 384 g/mol. The van der Waals surface area contributed by atoms with Gasteiger partial charge in [0.15, 0.2) is 5.58 Å². The van der Waals surface area contributed by atoms with Gasteiger partial charge in [0.2, 0.25) is 5.89 Å². The van der Waals surface area contributed by atoms with E-state index in [1.165, 1.54) is 11.1 Å². The number of aromatic nitrogens is 3. The summed E-state index contributed by atoms with van der Waals surface area (Å²) in [6.45, 7) is 4.11. The largest absolute Gasteiger partial charge is 0.436 e. The van der Waals surface area contributed by atoms with E-state index in [4.69, 9.17) is 4.42 Å². The van der Waals surface area contributed by atoms with E-state index in [1.807, 2.05) is 36.4 Å². The third-order valence-electron chi connectivity index (χ3n) is 4.91. The Morgan fingerprint density at radius 3 is 2.48 bits per heavy atom. The summed E-state index contributed by atoms with van der Waals surface area (Å²) < 4.78 is 14.2. The molecule has 0 saturated carbocycles. The molecular formula is C22H16N4O2S. The number of carbonyl (C=O) groups excluding carboxylic acids is 1. The number of oxazole rings is 1. The quantitative estimate of drug-likeness (QED) is 0.440. The van der Waals surface area contributed by atoms with Crippen LogP contribution in [0.25, 0.3) is 33.6 Å². The van der Waals surface area contributed by atoms with Crippen molar-refractivity contribution in [3.8, 4) is 11.5 Å². The molecule has 0 atom stereocenters. The zero-order valence-corrected chi connectivity index (χ0v) is 16.6. The number of nitrogens with zero attached hydrogens (tertiary/aromatic N) is 3. The van der Waals surface area contributed by atoms with E-state index in [0.717, 1.165) is 39.4 Å². The maximum Gasteiger partial charge on any atom is 0.255 e. The van der Waals surface area contributed by atoms with Gasteiger partial charge < -0.3 is 9.73 Å². The fourth-order valence-electron chi connectivity index (χ4n) is 3.13. The van der Waals surface area contributed by atoms with Crippen LogP contribution in [0, 0.1) is 13.8 Å². The molecule has 1 N–H and O–H groups in total. The average Bonchev–Trinajstić information content (AvgIpc) is 3.35. The minimum atomic E-state index is -0.194. The highest BCUT2D eigenvalue weighted by molar-refractivity contribution is 7.00. The smallest absolute Gasteiger partial charge is 0.255 e. The zero-order valence-electron chi connectivity index (χ0n) is 15.8. The van der Waals surface area contributed by atoms with Crippen LogP contribution >= 0.6 is 11.7 Å². The van der Waals surface area contributed by atoms with Gasteiger partial charge in [-0.15, -0.1) is 0 Å². The molecule has 5 aromatic rings. The first-order chi connectivity index (χ1) is 14.1. The fraction of sp³-hybridized carbons (Fsp3) is 0.0909. The number of aryl methyl sites for hydroxylation is 2. The standard InChI is InChI=1S/C22H16N4O2S/c1-12-9-19-20(10-13(12)2)28-22(24-19)14-3-6-16(7-4-14)23-21(27)15-5-8-17-18(11-15)26-29-25-17/h3-11H,1-2H3,(H,23,27). The van der Waals surface area contributed by atoms with Crippen molar-refractivity contribution in [3.05, 3.63) is 71.3 Å². The fourth-order valence-corrected chi connectivity index (χ4v) is 3.64. The molecule has 2 aromatic heterocycles. The van der Waals surface area contributed by atoms with Gasteiger partial charge in [0.1, 0.15) is 16.6 Å². The number of anilines is 1. The van der Waals surface area contributed by atoms with Crippen LogP contribution in [0.15, 0.2) is 59.0 Å². The second kappa shape index (κ2) is 6.79. The summed E-state index contributed by atoms with van der Waals surface area (Å²) in [5, 5.41) is 2.90. The summed E-state index contributed by atoms with van der Waals surface area (Å²) in [7, 11) is 0. The summed E-state index contributed by atoms with van der Waals surface area (Å²) >= 11 is 1.13. The Labute approximate surface area is 170 Å². The third kappa shape index (κ3) is 3.25. The lowest BCUT2D eigenvalue weighted by atomic mass is 10.1. The van der Waals surface area contributed by atoms with Crippen molar-refractivity contribution >= 4 is 45.5 Å². The number of carbonyl (C=O) groups is 1. The summed E-state index contributed by atoms with van der Waals surface area (Å²) in [6.07, 6.45) is 0. The van der Waals surface area contributed by atoms with E-state index in [1.54, 1.807) is 18.2 Å². The summed E-state index contributed by atoms with van der Waals surface area (Å²) in [6, 6.07) is 16.8. The van der Waals surface area contributed by atoms with E-state index < -0.39 is 0 Å². The first-order valence-electron chi connectivity index (χ1n) is 9.09. The van der Waals surface area contributed by atoms with Gasteiger partial charge in [-0.3, -0.25) is 4.79 Å². The van der Waals surface area contributed by atoms with Gasteiger partial charge in [0, 0.05) is 16.8 Å². The molecule has 0 bridgehead atoms. The van der Waals surface area contributed by atoms with Gasteiger partial charge in [0.25, 0.3) is 5.91 Å². The lowest BCUT2D eigenvalue weighted by Gasteiger charge is -2.05. The molecule has 0 aliphatic heterocycles. The molecule has 29 heavy (non-hydrogen) atoms. The molecule has 6 nitrogen and oxygen atoms in total. The maximum atomic E-state index is 12.5. The minimum absolute atomic E-state index is 0.194. The Balaban J connectivity index is 1.37. The van der Waals surface area contributed by atoms with E-state index in [-0.39, 0.29) is 5.91 Å². The highest BCUT2D eigenvalue weighted by Gasteiger charge is 2.11. The molecule has 0 aliphatic carbocycles. The molecule has 0 saturated heterocycles. The molecule has 7 heteroatoms. The molecule has 0 aliphatic rings. The van der Waals surface area contributed by atoms with Crippen LogP contribution in [0.1, 0.15) is 21.5 Å². The molecule has 0 unspecified atom stereocenters. The Kier molecular flexibility index (Phi) is 4.10. The lowest BCUT2D eigenvalue weighted by Crippen LogP contribution is -2.11. The number of benzene rings is 3. The Bertz CT molecular complexity index is 1330. The molecule has 0 spiro atoms. The molecule has 0 radical (unpaired) electrons. The SMILES string of the molecule is Cc1cc2nc(-c3ccc(NC(=O)c4ccc5nsnc5c4)cc3)oc2cc1C. The topological polar surface area (TPSA) is 80.9 Å². The number of rotatable bonds is 3. The van der Waals surface area contributed by atoms with Crippen molar-refractivity contribution in [1.29, 1.82) is 0 Å². The predicted octanol–water partition coefficient (Wildman–Crippen LogP) is 5.37. The van der Waals surface area contributed by atoms with E-state index in [9.17, 15) is 4.79 Å². The van der Waals surface area contributed by atoms with Crippen LogP contribution in [0.3, 0.4) is 0 Å². The summed E-state index contributed by atoms with van der Waals surface area (Å²) in [5.41, 5.74) is 7.56. The van der Waals surface area contributed by atoms with Crippen molar-refractivity contribution in [1.82, 2.24) is 13.7 Å². The van der Waals surface area contributed by atoms with Gasteiger partial charge in [0.05, 0.1) is 11.7 Å². The number of amides is 1. The van der Waals surface area contributed by atoms with Crippen LogP contribution in [0.5, 0.6) is 0 Å². The van der Waals surface area contributed by atoms with Crippen LogP contribution in [0.4, 0.5) is 5.69 Å². The van der Waals surface area contributed by atoms with Gasteiger partial charge in [-0.1, -0.05) is 0 Å². The van der Waals surface area contributed by atoms with Crippen LogP contribution in [0.2, 0.25) is 0 Å². The monoisotopic (exact) mass is 400 g/mol. The normalized spacial score (nSPS) is 11.2.